The van der Waals surface area contributed by atoms with Crippen LogP contribution in [0.4, 0.5) is 13.2 Å². The number of H-pyrrole nitrogens is 1. The minimum atomic E-state index is -5.08. The molecule has 9 nitrogen and oxygen atoms in total. The smallest absolute Gasteiger partial charge is 0.475 e. The van der Waals surface area contributed by atoms with Gasteiger partial charge in [-0.15, -0.1) is 0 Å². The average Bonchev–Trinajstić information content (AvgIpc) is 3.49. The summed E-state index contributed by atoms with van der Waals surface area (Å²) in [6, 6.07) is 9.66. The number of nitrogens with zero attached hydrogens (tertiary/aromatic N) is 4. The van der Waals surface area contributed by atoms with Gasteiger partial charge in [0.25, 0.3) is 5.91 Å². The maximum atomic E-state index is 13.3. The molecule has 1 amide bonds. The zero-order chi connectivity index (χ0) is 24.3. The van der Waals surface area contributed by atoms with Crippen molar-refractivity contribution in [3.63, 3.8) is 0 Å². The first-order chi connectivity index (χ1) is 16.2. The number of hydrogen-bond donors (Lipinski definition) is 2. The Morgan fingerprint density at radius 1 is 1.15 bits per heavy atom. The Kier molecular flexibility index (Phi) is 6.57. The van der Waals surface area contributed by atoms with Crippen molar-refractivity contribution in [2.75, 3.05) is 6.54 Å². The van der Waals surface area contributed by atoms with Gasteiger partial charge in [0.05, 0.1) is 19.6 Å². The lowest BCUT2D eigenvalue weighted by atomic mass is 10.1. The number of carbonyl (C=O) groups excluding carboxylic acids is 1. The molecule has 34 heavy (non-hydrogen) atoms. The predicted octanol–water partition coefficient (Wildman–Crippen LogP) is 2.83. The highest BCUT2D eigenvalue weighted by Gasteiger charge is 2.38. The van der Waals surface area contributed by atoms with E-state index in [9.17, 15) is 18.0 Å². The third-order valence-electron chi connectivity index (χ3n) is 5.56. The third kappa shape index (κ3) is 5.21. The number of pyridine rings is 1. The molecule has 5 rings (SSSR count). The lowest BCUT2D eigenvalue weighted by Crippen LogP contribution is -2.39. The first-order valence-electron chi connectivity index (χ1n) is 10.6. The number of amides is 1. The summed E-state index contributed by atoms with van der Waals surface area (Å²) in [4.78, 5) is 28.3. The van der Waals surface area contributed by atoms with Crippen molar-refractivity contribution in [2.24, 2.45) is 0 Å². The molecule has 1 atom stereocenters. The molecule has 3 aromatic heterocycles. The molecular formula is C22H22F3N5O4. The van der Waals surface area contributed by atoms with Crippen molar-refractivity contribution in [1.82, 2.24) is 24.6 Å². The fraction of sp³-hybridized carbons (Fsp3) is 0.364. The molecule has 12 heteroatoms. The number of aromatic amines is 1. The molecule has 0 saturated carbocycles. The number of carboxylic acids is 1. The number of aromatic nitrogens is 4. The van der Waals surface area contributed by atoms with E-state index in [1.807, 2.05) is 35.4 Å². The maximum absolute atomic E-state index is 13.3. The number of alkyl halides is 3. The predicted molar refractivity (Wildman–Crippen MR) is 112 cm³/mol. The van der Waals surface area contributed by atoms with E-state index >= 15 is 0 Å². The van der Waals surface area contributed by atoms with Crippen LogP contribution in [0.1, 0.15) is 33.9 Å². The fourth-order valence-electron chi connectivity index (χ4n) is 4.02. The van der Waals surface area contributed by atoms with Crippen molar-refractivity contribution < 1.29 is 32.6 Å². The Hall–Kier alpha value is -3.83. The van der Waals surface area contributed by atoms with Crippen LogP contribution in [-0.4, -0.2) is 60.5 Å². The van der Waals surface area contributed by atoms with Gasteiger partial charge in [0.1, 0.15) is 6.10 Å². The Labute approximate surface area is 192 Å². The highest BCUT2D eigenvalue weighted by atomic mass is 19.4. The number of halogens is 3. The van der Waals surface area contributed by atoms with E-state index in [4.69, 9.17) is 14.6 Å². The first kappa shape index (κ1) is 23.3. The number of hydrogen-bond acceptors (Lipinski definition) is 5. The molecule has 1 aliphatic carbocycles. The van der Waals surface area contributed by atoms with E-state index in [-0.39, 0.29) is 12.0 Å². The van der Waals surface area contributed by atoms with E-state index in [2.05, 4.69) is 25.8 Å². The zero-order valence-electron chi connectivity index (χ0n) is 18.0. The average molecular weight is 477 g/mol. The van der Waals surface area contributed by atoms with E-state index in [0.29, 0.717) is 31.2 Å². The van der Waals surface area contributed by atoms with Crippen LogP contribution in [0, 0.1) is 0 Å². The van der Waals surface area contributed by atoms with Gasteiger partial charge in [-0.3, -0.25) is 9.89 Å². The van der Waals surface area contributed by atoms with Crippen molar-refractivity contribution in [1.29, 1.82) is 0 Å². The Morgan fingerprint density at radius 3 is 2.65 bits per heavy atom. The standard InChI is InChI=1S/C20H21N5O2.C2HF3O2/c26-20(19-16-6-3-7-17(16)22-23-19)25-11-14-5-4-10-24(14)12-15(13-25)27-18-8-1-2-9-21-18;3-2(4,5)1(6)7/h1-2,4-5,8-10,15H,3,6-7,11-13H2,(H,22,23);(H,6,7). The van der Waals surface area contributed by atoms with Gasteiger partial charge in [-0.05, 0) is 37.5 Å². The lowest BCUT2D eigenvalue weighted by molar-refractivity contribution is -0.192. The Balaban J connectivity index is 0.000000344. The summed E-state index contributed by atoms with van der Waals surface area (Å²) in [5.41, 5.74) is 3.86. The second kappa shape index (κ2) is 9.57. The molecule has 2 N–H and O–H groups in total. The van der Waals surface area contributed by atoms with Crippen LogP contribution in [0.2, 0.25) is 0 Å². The van der Waals surface area contributed by atoms with Crippen LogP contribution in [0.5, 0.6) is 5.88 Å². The van der Waals surface area contributed by atoms with Gasteiger partial charge < -0.3 is 19.3 Å². The number of aryl methyl sites for hydroxylation is 1. The molecule has 4 heterocycles. The molecule has 0 saturated heterocycles. The van der Waals surface area contributed by atoms with Crippen molar-refractivity contribution in [3.05, 3.63) is 65.4 Å². The molecule has 0 fully saturated rings. The highest BCUT2D eigenvalue weighted by Crippen LogP contribution is 2.25. The van der Waals surface area contributed by atoms with Crippen LogP contribution >= 0.6 is 0 Å². The van der Waals surface area contributed by atoms with Gasteiger partial charge in [0, 0.05) is 35.4 Å². The van der Waals surface area contributed by atoms with E-state index in [1.54, 1.807) is 6.20 Å². The second-order valence-corrected chi connectivity index (χ2v) is 7.93. The van der Waals surface area contributed by atoms with Gasteiger partial charge >= 0.3 is 12.1 Å². The van der Waals surface area contributed by atoms with E-state index < -0.39 is 12.1 Å². The Morgan fingerprint density at radius 2 is 1.94 bits per heavy atom. The largest absolute Gasteiger partial charge is 0.490 e. The van der Waals surface area contributed by atoms with Gasteiger partial charge in [-0.2, -0.15) is 18.3 Å². The normalized spacial score (nSPS) is 17.1. The Bertz CT molecular complexity index is 1160. The quantitative estimate of drug-likeness (QED) is 0.600. The summed E-state index contributed by atoms with van der Waals surface area (Å²) in [5.74, 6) is -2.21. The number of carboxylic acid groups (broad SMARTS) is 1. The number of carbonyl (C=O) groups is 2. The molecule has 1 aliphatic heterocycles. The molecule has 0 aromatic carbocycles. The summed E-state index contributed by atoms with van der Waals surface area (Å²) >= 11 is 0. The van der Waals surface area contributed by atoms with Crippen molar-refractivity contribution >= 4 is 11.9 Å². The van der Waals surface area contributed by atoms with Gasteiger partial charge in [-0.25, -0.2) is 9.78 Å². The van der Waals surface area contributed by atoms with Gasteiger partial charge in [-0.1, -0.05) is 6.07 Å². The first-order valence-corrected chi connectivity index (χ1v) is 10.6. The second-order valence-electron chi connectivity index (χ2n) is 7.93. The van der Waals surface area contributed by atoms with Crippen LogP contribution in [0.15, 0.2) is 42.7 Å². The minimum absolute atomic E-state index is 0.0290. The monoisotopic (exact) mass is 477 g/mol. The number of nitrogens with one attached hydrogen (secondary N) is 1. The highest BCUT2D eigenvalue weighted by molar-refractivity contribution is 5.94. The summed E-state index contributed by atoms with van der Waals surface area (Å²) in [6.45, 7) is 1.73. The number of fused-ring (bicyclic) bond motifs is 2. The fourth-order valence-corrected chi connectivity index (χ4v) is 4.02. The maximum Gasteiger partial charge on any atom is 0.490 e. The summed E-state index contributed by atoms with van der Waals surface area (Å²) in [5, 5.41) is 14.5. The molecule has 0 spiro atoms. The van der Waals surface area contributed by atoms with Gasteiger partial charge in [0.15, 0.2) is 5.69 Å². The van der Waals surface area contributed by atoms with Crippen LogP contribution in [0.3, 0.4) is 0 Å². The van der Waals surface area contributed by atoms with Crippen LogP contribution in [0.25, 0.3) is 0 Å². The molecule has 180 valence electrons. The third-order valence-corrected chi connectivity index (χ3v) is 5.56. The lowest BCUT2D eigenvalue weighted by Gasteiger charge is -2.24. The topological polar surface area (TPSA) is 113 Å². The van der Waals surface area contributed by atoms with Crippen molar-refractivity contribution in [2.45, 2.75) is 44.6 Å². The molecule has 1 unspecified atom stereocenters. The van der Waals surface area contributed by atoms with Crippen LogP contribution in [-0.2, 0) is 30.7 Å². The molecule has 3 aromatic rings. The van der Waals surface area contributed by atoms with E-state index in [1.165, 1.54) is 0 Å². The van der Waals surface area contributed by atoms with Gasteiger partial charge in [0.2, 0.25) is 5.88 Å². The molecule has 0 radical (unpaired) electrons. The SMILES string of the molecule is O=C(O)C(F)(F)F.O=C(c1n[nH]c2c1CCC2)N1Cc2cccn2CC(Oc2ccccn2)C1. The number of rotatable bonds is 3. The summed E-state index contributed by atoms with van der Waals surface area (Å²) in [7, 11) is 0. The number of ether oxygens (including phenoxy) is 1. The van der Waals surface area contributed by atoms with Crippen molar-refractivity contribution in [3.8, 4) is 5.88 Å². The molecular weight excluding hydrogens is 455 g/mol. The molecule has 0 bridgehead atoms. The zero-order valence-corrected chi connectivity index (χ0v) is 18.0. The van der Waals surface area contributed by atoms with E-state index in [0.717, 1.165) is 36.2 Å². The number of aliphatic carboxylic acids is 1. The minimum Gasteiger partial charge on any atom is -0.475 e. The molecule has 2 aliphatic rings. The summed E-state index contributed by atoms with van der Waals surface area (Å²) in [6.07, 6.45) is 1.46. The summed E-state index contributed by atoms with van der Waals surface area (Å²) < 4.78 is 40.0. The van der Waals surface area contributed by atoms with Crippen LogP contribution < -0.4 is 4.74 Å².